The molecule has 202 valence electrons. The molecule has 0 aliphatic heterocycles. The monoisotopic (exact) mass is 526 g/mol. The highest BCUT2D eigenvalue weighted by Gasteiger charge is 2.30. The van der Waals surface area contributed by atoms with Crippen molar-refractivity contribution in [3.05, 3.63) is 102 Å². The van der Waals surface area contributed by atoms with Crippen LogP contribution in [-0.2, 0) is 11.3 Å². The van der Waals surface area contributed by atoms with Gasteiger partial charge in [-0.3, -0.25) is 9.59 Å². The summed E-state index contributed by atoms with van der Waals surface area (Å²) in [6, 6.07) is 25.7. The summed E-state index contributed by atoms with van der Waals surface area (Å²) in [4.78, 5) is 24.9. The van der Waals surface area contributed by atoms with Crippen molar-refractivity contribution in [3.8, 4) is 22.4 Å². The molecule has 0 saturated carbocycles. The average Bonchev–Trinajstić information content (AvgIpc) is 3.27. The highest BCUT2D eigenvalue weighted by molar-refractivity contribution is 6.12. The largest absolute Gasteiger partial charge is 0.481 e. The molecule has 0 spiro atoms. The minimum absolute atomic E-state index is 0.0326. The predicted octanol–water partition coefficient (Wildman–Crippen LogP) is 8.37. The van der Waals surface area contributed by atoms with Gasteiger partial charge in [0, 0.05) is 29.9 Å². The Bertz CT molecular complexity index is 1390. The molecular weight excluding hydrogens is 491 g/mol. The van der Waals surface area contributed by atoms with Crippen molar-refractivity contribution < 1.29 is 19.1 Å². The zero-order chi connectivity index (χ0) is 27.8. The lowest BCUT2D eigenvalue weighted by Crippen LogP contribution is -2.16. The molecule has 1 amide bonds. The third-order valence-corrected chi connectivity index (χ3v) is 6.81. The molecule has 0 aliphatic carbocycles. The first-order valence-electron chi connectivity index (χ1n) is 13.5. The highest BCUT2D eigenvalue weighted by atomic mass is 19.1. The molecule has 3 aromatic carbocycles. The number of unbranched alkanes of at least 4 members (excludes halogenated alkanes) is 3. The van der Waals surface area contributed by atoms with E-state index in [1.54, 1.807) is 12.1 Å². The van der Waals surface area contributed by atoms with E-state index < -0.39 is 5.97 Å². The van der Waals surface area contributed by atoms with Crippen molar-refractivity contribution >= 4 is 17.6 Å². The molecule has 4 aromatic rings. The summed E-state index contributed by atoms with van der Waals surface area (Å²) >= 11 is 0. The molecule has 4 rings (SSSR count). The Hall–Kier alpha value is -4.19. The van der Waals surface area contributed by atoms with Gasteiger partial charge in [0.15, 0.2) is 0 Å². The van der Waals surface area contributed by atoms with Crippen LogP contribution in [-0.4, -0.2) is 21.6 Å². The molecule has 0 unspecified atom stereocenters. The van der Waals surface area contributed by atoms with Crippen LogP contribution in [0.25, 0.3) is 22.4 Å². The lowest BCUT2D eigenvalue weighted by molar-refractivity contribution is -0.137. The number of carboxylic acids is 1. The van der Waals surface area contributed by atoms with Crippen molar-refractivity contribution in [2.45, 2.75) is 58.4 Å². The second-order valence-corrected chi connectivity index (χ2v) is 10.0. The number of amides is 1. The van der Waals surface area contributed by atoms with Gasteiger partial charge < -0.3 is 15.0 Å². The van der Waals surface area contributed by atoms with E-state index in [0.29, 0.717) is 24.2 Å². The third-order valence-electron chi connectivity index (χ3n) is 6.81. The number of carbonyl (C=O) groups excluding carboxylic acids is 1. The summed E-state index contributed by atoms with van der Waals surface area (Å²) in [7, 11) is 0. The van der Waals surface area contributed by atoms with Crippen LogP contribution >= 0.6 is 0 Å². The smallest absolute Gasteiger partial charge is 0.303 e. The van der Waals surface area contributed by atoms with Gasteiger partial charge in [0.2, 0.25) is 0 Å². The van der Waals surface area contributed by atoms with Gasteiger partial charge in [-0.2, -0.15) is 0 Å². The molecule has 2 N–H and O–H groups in total. The Kier molecular flexibility index (Phi) is 9.31. The minimum Gasteiger partial charge on any atom is -0.481 e. The Balaban J connectivity index is 1.87. The fourth-order valence-corrected chi connectivity index (χ4v) is 5.11. The topological polar surface area (TPSA) is 71.3 Å². The number of halogens is 1. The Morgan fingerprint density at radius 3 is 2.05 bits per heavy atom. The van der Waals surface area contributed by atoms with Gasteiger partial charge in [-0.1, -0.05) is 75.2 Å². The maximum absolute atomic E-state index is 14.0. The van der Waals surface area contributed by atoms with Gasteiger partial charge >= 0.3 is 5.97 Å². The highest BCUT2D eigenvalue weighted by Crippen LogP contribution is 2.42. The van der Waals surface area contributed by atoms with E-state index >= 15 is 0 Å². The number of hydrogen-bond donors (Lipinski definition) is 2. The molecule has 5 nitrogen and oxygen atoms in total. The van der Waals surface area contributed by atoms with E-state index in [1.165, 1.54) is 12.1 Å². The number of benzene rings is 3. The lowest BCUT2D eigenvalue weighted by Gasteiger charge is -2.17. The van der Waals surface area contributed by atoms with Crippen molar-refractivity contribution in [1.29, 1.82) is 0 Å². The average molecular weight is 527 g/mol. The quantitative estimate of drug-likeness (QED) is 0.182. The van der Waals surface area contributed by atoms with Gasteiger partial charge in [-0.05, 0) is 66.3 Å². The fourth-order valence-electron chi connectivity index (χ4n) is 5.11. The van der Waals surface area contributed by atoms with Crippen LogP contribution in [0.4, 0.5) is 10.1 Å². The minimum atomic E-state index is -0.775. The van der Waals surface area contributed by atoms with E-state index in [2.05, 4.69) is 23.7 Å². The van der Waals surface area contributed by atoms with Gasteiger partial charge in [-0.15, -0.1) is 0 Å². The first-order valence-corrected chi connectivity index (χ1v) is 13.5. The van der Waals surface area contributed by atoms with Crippen molar-refractivity contribution in [2.24, 2.45) is 0 Å². The van der Waals surface area contributed by atoms with Gasteiger partial charge in [0.1, 0.15) is 5.82 Å². The molecule has 0 saturated heterocycles. The zero-order valence-corrected chi connectivity index (χ0v) is 22.5. The van der Waals surface area contributed by atoms with Crippen LogP contribution in [0, 0.1) is 5.82 Å². The molecule has 0 fully saturated rings. The molecule has 0 bridgehead atoms. The number of aliphatic carboxylic acids is 1. The van der Waals surface area contributed by atoms with Crippen LogP contribution in [0.1, 0.15) is 67.9 Å². The maximum Gasteiger partial charge on any atom is 0.303 e. The van der Waals surface area contributed by atoms with Crippen molar-refractivity contribution in [2.75, 3.05) is 5.32 Å². The molecule has 39 heavy (non-hydrogen) atoms. The second-order valence-electron chi connectivity index (χ2n) is 10.0. The van der Waals surface area contributed by atoms with Gasteiger partial charge in [0.25, 0.3) is 5.91 Å². The molecule has 1 heterocycles. The van der Waals surface area contributed by atoms with E-state index in [1.807, 2.05) is 60.7 Å². The maximum atomic E-state index is 14.0. The first-order chi connectivity index (χ1) is 18.9. The van der Waals surface area contributed by atoms with Crippen LogP contribution < -0.4 is 5.32 Å². The van der Waals surface area contributed by atoms with Gasteiger partial charge in [0.05, 0.1) is 11.3 Å². The zero-order valence-electron chi connectivity index (χ0n) is 22.5. The molecule has 1 aromatic heterocycles. The van der Waals surface area contributed by atoms with Crippen molar-refractivity contribution in [3.63, 3.8) is 0 Å². The number of nitrogens with zero attached hydrogens (tertiary/aromatic N) is 1. The fraction of sp³-hybridized carbons (Fsp3) is 0.273. The van der Waals surface area contributed by atoms with E-state index in [4.69, 9.17) is 5.11 Å². The summed E-state index contributed by atoms with van der Waals surface area (Å²) in [5, 5.41) is 12.0. The van der Waals surface area contributed by atoms with E-state index in [9.17, 15) is 14.0 Å². The standard InChI is InChI=1S/C33H35FN2O3/c1-23(2)31-30(33(39)35-27-15-9-6-10-16-27)29(24-13-7-5-8-14-24)32(25-18-20-26(34)21-19-25)36(31)22-12-4-3-11-17-28(37)38/h5-10,13-16,18-21,23H,3-4,11-12,17,22H2,1-2H3,(H,35,39)(H,37,38). The number of para-hydroxylation sites is 1. The van der Waals surface area contributed by atoms with Crippen LogP contribution in [0.5, 0.6) is 0 Å². The second kappa shape index (κ2) is 13.1. The Labute approximate surface area is 229 Å². The van der Waals surface area contributed by atoms with Gasteiger partial charge in [-0.25, -0.2) is 4.39 Å². The van der Waals surface area contributed by atoms with Crippen molar-refractivity contribution in [1.82, 2.24) is 4.57 Å². The first kappa shape index (κ1) is 27.8. The number of aromatic nitrogens is 1. The summed E-state index contributed by atoms with van der Waals surface area (Å²) < 4.78 is 16.2. The number of carboxylic acid groups (broad SMARTS) is 1. The van der Waals surface area contributed by atoms with E-state index in [0.717, 1.165) is 47.3 Å². The summed E-state index contributed by atoms with van der Waals surface area (Å²) in [5.41, 5.74) is 5.71. The number of anilines is 1. The predicted molar refractivity (Wildman–Crippen MR) is 154 cm³/mol. The van der Waals surface area contributed by atoms with Crippen LogP contribution in [0.2, 0.25) is 0 Å². The molecule has 0 atom stereocenters. The Morgan fingerprint density at radius 1 is 0.821 bits per heavy atom. The molecule has 0 radical (unpaired) electrons. The Morgan fingerprint density at radius 2 is 1.44 bits per heavy atom. The molecule has 0 aliphatic rings. The van der Waals surface area contributed by atoms with Crippen LogP contribution in [0.15, 0.2) is 84.9 Å². The SMILES string of the molecule is CC(C)c1c(C(=O)Nc2ccccc2)c(-c2ccccc2)c(-c2ccc(F)cc2)n1CCCCCCC(=O)O. The third kappa shape index (κ3) is 6.82. The normalized spacial score (nSPS) is 11.1. The number of rotatable bonds is 12. The summed E-state index contributed by atoms with van der Waals surface area (Å²) in [6.45, 7) is 4.83. The summed E-state index contributed by atoms with van der Waals surface area (Å²) in [6.07, 6.45) is 3.34. The molecule has 6 heteroatoms. The molecular formula is C33H35FN2O3. The van der Waals surface area contributed by atoms with Crippen LogP contribution in [0.3, 0.4) is 0 Å². The number of nitrogens with one attached hydrogen (secondary N) is 1. The number of hydrogen-bond acceptors (Lipinski definition) is 2. The van der Waals surface area contributed by atoms with E-state index in [-0.39, 0.29) is 24.1 Å². The number of carbonyl (C=O) groups is 2. The summed E-state index contributed by atoms with van der Waals surface area (Å²) in [5.74, 6) is -1.25. The lowest BCUT2D eigenvalue weighted by atomic mass is 9.94.